The zero-order valence-corrected chi connectivity index (χ0v) is 20.5. The highest BCUT2D eigenvalue weighted by molar-refractivity contribution is 7.21. The summed E-state index contributed by atoms with van der Waals surface area (Å²) in [5, 5.41) is 5.25. The molecule has 34 heavy (non-hydrogen) atoms. The first kappa shape index (κ1) is 23.7. The molecule has 1 amide bonds. The number of hydrazone groups is 1. The van der Waals surface area contributed by atoms with Gasteiger partial charge in [0.15, 0.2) is 0 Å². The van der Waals surface area contributed by atoms with Gasteiger partial charge in [-0.2, -0.15) is 5.10 Å². The maximum atomic E-state index is 12.6. The molecule has 0 aliphatic heterocycles. The van der Waals surface area contributed by atoms with Gasteiger partial charge in [-0.3, -0.25) is 4.79 Å². The normalized spacial score (nSPS) is 11.6. The van der Waals surface area contributed by atoms with E-state index < -0.39 is 5.97 Å². The first-order valence-electron chi connectivity index (χ1n) is 10.7. The SMILES string of the molecule is CC(C)(C)c1ccc(C(=O)N/N=C\c2ccc(OC(=O)c3sc4ccccc4c3Cl)cc2)cc1. The minimum atomic E-state index is -0.502. The second-order valence-corrected chi connectivity index (χ2v) is 10.2. The van der Waals surface area contributed by atoms with Crippen LogP contribution < -0.4 is 10.2 Å². The monoisotopic (exact) mass is 490 g/mol. The van der Waals surface area contributed by atoms with E-state index >= 15 is 0 Å². The number of amides is 1. The number of thiophene rings is 1. The summed E-state index contributed by atoms with van der Waals surface area (Å²) in [6.07, 6.45) is 1.52. The standard InChI is InChI=1S/C27H23ClN2O3S/c1-27(2,3)19-12-10-18(11-13-19)25(31)30-29-16-17-8-14-20(15-9-17)33-26(32)24-23(28)21-6-4-5-7-22(21)34-24/h4-16H,1-3H3,(H,30,31)/b29-16-. The lowest BCUT2D eigenvalue weighted by Crippen LogP contribution is -2.18. The summed E-state index contributed by atoms with van der Waals surface area (Å²) in [6.45, 7) is 6.37. The summed E-state index contributed by atoms with van der Waals surface area (Å²) in [7, 11) is 0. The van der Waals surface area contributed by atoms with Crippen molar-refractivity contribution < 1.29 is 14.3 Å². The van der Waals surface area contributed by atoms with Crippen LogP contribution in [0.1, 0.15) is 51.9 Å². The van der Waals surface area contributed by atoms with Crippen LogP contribution >= 0.6 is 22.9 Å². The molecule has 0 atom stereocenters. The molecule has 1 N–H and O–H groups in total. The molecule has 5 nitrogen and oxygen atoms in total. The van der Waals surface area contributed by atoms with Crippen LogP contribution in [-0.4, -0.2) is 18.1 Å². The maximum absolute atomic E-state index is 12.6. The zero-order valence-electron chi connectivity index (χ0n) is 19.0. The van der Waals surface area contributed by atoms with Gasteiger partial charge in [0.1, 0.15) is 10.6 Å². The highest BCUT2D eigenvalue weighted by Gasteiger charge is 2.19. The van der Waals surface area contributed by atoms with Gasteiger partial charge in [0.05, 0.1) is 11.2 Å². The van der Waals surface area contributed by atoms with Crippen LogP contribution in [0.2, 0.25) is 5.02 Å². The summed E-state index contributed by atoms with van der Waals surface area (Å²) >= 11 is 7.66. The molecule has 4 rings (SSSR count). The Morgan fingerprint density at radius 1 is 0.971 bits per heavy atom. The van der Waals surface area contributed by atoms with Crippen LogP contribution in [0, 0.1) is 0 Å². The minimum absolute atomic E-state index is 0.0256. The number of rotatable bonds is 5. The third-order valence-corrected chi connectivity index (χ3v) is 6.86. The molecule has 4 aromatic rings. The summed E-state index contributed by atoms with van der Waals surface area (Å²) in [5.74, 6) is -0.404. The van der Waals surface area contributed by atoms with E-state index in [-0.39, 0.29) is 11.3 Å². The molecule has 0 radical (unpaired) electrons. The fraction of sp³-hybridized carbons (Fsp3) is 0.148. The quantitative estimate of drug-likeness (QED) is 0.144. The number of hydrogen-bond acceptors (Lipinski definition) is 5. The van der Waals surface area contributed by atoms with Gasteiger partial charge < -0.3 is 4.74 Å². The lowest BCUT2D eigenvalue weighted by Gasteiger charge is -2.18. The lowest BCUT2D eigenvalue weighted by molar-refractivity contribution is 0.0739. The third kappa shape index (κ3) is 5.35. The van der Waals surface area contributed by atoms with E-state index in [1.165, 1.54) is 17.6 Å². The molecule has 0 bridgehead atoms. The predicted molar refractivity (Wildman–Crippen MR) is 138 cm³/mol. The van der Waals surface area contributed by atoms with Crippen LogP contribution in [-0.2, 0) is 5.41 Å². The Kier molecular flexibility index (Phi) is 6.82. The molecule has 0 saturated carbocycles. The average Bonchev–Trinajstić information content (AvgIpc) is 3.16. The van der Waals surface area contributed by atoms with E-state index in [0.717, 1.165) is 21.2 Å². The number of esters is 1. The van der Waals surface area contributed by atoms with Crippen molar-refractivity contribution in [2.24, 2.45) is 5.10 Å². The van der Waals surface area contributed by atoms with Crippen molar-refractivity contribution in [3.8, 4) is 5.75 Å². The second-order valence-electron chi connectivity index (χ2n) is 8.73. The predicted octanol–water partition coefficient (Wildman–Crippen LogP) is 6.84. The summed E-state index contributed by atoms with van der Waals surface area (Å²) in [4.78, 5) is 25.3. The van der Waals surface area contributed by atoms with Crippen LogP contribution in [0.3, 0.4) is 0 Å². The van der Waals surface area contributed by atoms with Crippen molar-refractivity contribution >= 4 is 51.1 Å². The van der Waals surface area contributed by atoms with Gasteiger partial charge in [-0.25, -0.2) is 10.2 Å². The Morgan fingerprint density at radius 2 is 1.65 bits per heavy atom. The lowest BCUT2D eigenvalue weighted by atomic mass is 9.87. The average molecular weight is 491 g/mol. The largest absolute Gasteiger partial charge is 0.422 e. The Morgan fingerprint density at radius 3 is 2.29 bits per heavy atom. The van der Waals surface area contributed by atoms with Gasteiger partial charge in [-0.15, -0.1) is 11.3 Å². The molecule has 0 saturated heterocycles. The number of carbonyl (C=O) groups is 2. The Bertz CT molecular complexity index is 1370. The van der Waals surface area contributed by atoms with Crippen LogP contribution in [0.25, 0.3) is 10.1 Å². The van der Waals surface area contributed by atoms with Crippen molar-refractivity contribution in [2.75, 3.05) is 0 Å². The van der Waals surface area contributed by atoms with Gasteiger partial charge in [-0.05, 0) is 59.0 Å². The number of halogens is 1. The van der Waals surface area contributed by atoms with Gasteiger partial charge in [0, 0.05) is 15.6 Å². The molecule has 1 aromatic heterocycles. The molecule has 1 heterocycles. The number of carbonyl (C=O) groups excluding carboxylic acids is 2. The van der Waals surface area contributed by atoms with Gasteiger partial charge >= 0.3 is 5.97 Å². The molecule has 7 heteroatoms. The van der Waals surface area contributed by atoms with Crippen LogP contribution in [0.15, 0.2) is 77.9 Å². The summed E-state index contributed by atoms with van der Waals surface area (Å²) in [6, 6.07) is 21.8. The molecule has 0 aliphatic rings. The fourth-order valence-corrected chi connectivity index (χ4v) is 4.66. The molecule has 172 valence electrons. The van der Waals surface area contributed by atoms with Crippen molar-refractivity contribution in [3.63, 3.8) is 0 Å². The molecular weight excluding hydrogens is 468 g/mol. The van der Waals surface area contributed by atoms with Crippen LogP contribution in [0.5, 0.6) is 5.75 Å². The summed E-state index contributed by atoms with van der Waals surface area (Å²) < 4.78 is 6.40. The first-order chi connectivity index (χ1) is 16.2. The smallest absolute Gasteiger partial charge is 0.355 e. The molecule has 0 aliphatic carbocycles. The maximum Gasteiger partial charge on any atom is 0.355 e. The van der Waals surface area contributed by atoms with E-state index in [9.17, 15) is 9.59 Å². The Labute approximate surface area is 207 Å². The Hall–Kier alpha value is -3.48. The Balaban J connectivity index is 1.35. The van der Waals surface area contributed by atoms with E-state index in [0.29, 0.717) is 21.2 Å². The number of nitrogens with one attached hydrogen (secondary N) is 1. The number of benzene rings is 3. The topological polar surface area (TPSA) is 67.8 Å². The third-order valence-electron chi connectivity index (χ3n) is 5.20. The van der Waals surface area contributed by atoms with E-state index in [2.05, 4.69) is 31.3 Å². The van der Waals surface area contributed by atoms with Gasteiger partial charge in [-0.1, -0.05) is 62.7 Å². The van der Waals surface area contributed by atoms with Crippen molar-refractivity contribution in [1.29, 1.82) is 0 Å². The molecule has 0 unspecified atom stereocenters. The number of hydrogen-bond donors (Lipinski definition) is 1. The molecular formula is C27H23ClN2O3S. The van der Waals surface area contributed by atoms with Crippen molar-refractivity contribution in [2.45, 2.75) is 26.2 Å². The van der Waals surface area contributed by atoms with Gasteiger partial charge in [0.2, 0.25) is 0 Å². The van der Waals surface area contributed by atoms with Crippen LogP contribution in [0.4, 0.5) is 0 Å². The highest BCUT2D eigenvalue weighted by atomic mass is 35.5. The molecule has 0 fully saturated rings. The number of fused-ring (bicyclic) bond motifs is 1. The first-order valence-corrected chi connectivity index (χ1v) is 11.8. The minimum Gasteiger partial charge on any atom is -0.422 e. The molecule has 3 aromatic carbocycles. The van der Waals surface area contributed by atoms with Crippen molar-refractivity contribution in [1.82, 2.24) is 5.43 Å². The highest BCUT2D eigenvalue weighted by Crippen LogP contribution is 2.35. The second kappa shape index (κ2) is 9.79. The molecule has 0 spiro atoms. The summed E-state index contributed by atoms with van der Waals surface area (Å²) in [5.41, 5.74) is 4.98. The van der Waals surface area contributed by atoms with Gasteiger partial charge in [0.25, 0.3) is 5.91 Å². The van der Waals surface area contributed by atoms with E-state index in [1.54, 1.807) is 36.4 Å². The fourth-order valence-electron chi connectivity index (χ4n) is 3.27. The zero-order chi connectivity index (χ0) is 24.3. The van der Waals surface area contributed by atoms with Crippen molar-refractivity contribution in [3.05, 3.63) is 99.4 Å². The number of ether oxygens (including phenoxy) is 1. The van der Waals surface area contributed by atoms with E-state index in [1.807, 2.05) is 36.4 Å². The van der Waals surface area contributed by atoms with E-state index in [4.69, 9.17) is 16.3 Å². The number of nitrogens with zero attached hydrogens (tertiary/aromatic N) is 1.